The Balaban J connectivity index is 2.36. The van der Waals surface area contributed by atoms with Gasteiger partial charge in [0.2, 0.25) is 0 Å². The Bertz CT molecular complexity index is 512. The number of rotatable bonds is 4. The molecule has 1 fully saturated rings. The highest BCUT2D eigenvalue weighted by Crippen LogP contribution is 2.40. The van der Waals surface area contributed by atoms with Crippen LogP contribution in [-0.4, -0.2) is 24.1 Å². The maximum atomic E-state index is 8.93. The first kappa shape index (κ1) is 15.0. The molecular formula is C15H22ClN3O. The van der Waals surface area contributed by atoms with E-state index < -0.39 is 0 Å². The van der Waals surface area contributed by atoms with Crippen LogP contribution in [0.1, 0.15) is 38.7 Å². The molecule has 1 aromatic rings. The van der Waals surface area contributed by atoms with Crippen LogP contribution in [0.15, 0.2) is 23.4 Å². The highest BCUT2D eigenvalue weighted by atomic mass is 35.5. The first-order chi connectivity index (χ1) is 9.55. The van der Waals surface area contributed by atoms with Gasteiger partial charge >= 0.3 is 0 Å². The van der Waals surface area contributed by atoms with Gasteiger partial charge in [0.1, 0.15) is 0 Å². The normalized spacial score (nSPS) is 18.6. The zero-order valence-corrected chi connectivity index (χ0v) is 12.8. The molecule has 0 radical (unpaired) electrons. The molecule has 2 rings (SSSR count). The molecular weight excluding hydrogens is 274 g/mol. The summed E-state index contributed by atoms with van der Waals surface area (Å²) in [4.78, 5) is 2.30. The van der Waals surface area contributed by atoms with Crippen LogP contribution in [0.4, 0.5) is 5.69 Å². The van der Waals surface area contributed by atoms with Gasteiger partial charge in [-0.15, -0.1) is 0 Å². The van der Waals surface area contributed by atoms with Crippen molar-refractivity contribution in [2.45, 2.75) is 33.1 Å². The van der Waals surface area contributed by atoms with Gasteiger partial charge in [-0.25, -0.2) is 0 Å². The fraction of sp³-hybridized carbons (Fsp3) is 0.533. The number of hydrogen-bond acceptors (Lipinski definition) is 3. The highest BCUT2D eigenvalue weighted by Gasteiger charge is 2.35. The molecule has 1 aliphatic rings. The Hall–Kier alpha value is -1.42. The zero-order chi connectivity index (χ0) is 14.8. The lowest BCUT2D eigenvalue weighted by molar-refractivity contribution is 0.301. The molecule has 0 spiro atoms. The van der Waals surface area contributed by atoms with Gasteiger partial charge in [-0.3, -0.25) is 0 Å². The van der Waals surface area contributed by atoms with Crippen LogP contribution in [0.25, 0.3) is 0 Å². The largest absolute Gasteiger partial charge is 0.409 e. The van der Waals surface area contributed by atoms with Crippen LogP contribution in [0.5, 0.6) is 0 Å². The van der Waals surface area contributed by atoms with E-state index in [9.17, 15) is 0 Å². The number of nitrogens with two attached hydrogens (primary N) is 1. The van der Waals surface area contributed by atoms with Crippen LogP contribution >= 0.6 is 11.6 Å². The lowest BCUT2D eigenvalue weighted by atomic mass is 9.82. The van der Waals surface area contributed by atoms with Crippen molar-refractivity contribution in [3.63, 3.8) is 0 Å². The summed E-state index contributed by atoms with van der Waals surface area (Å²) >= 11 is 6.11. The number of anilines is 1. The van der Waals surface area contributed by atoms with Gasteiger partial charge in [-0.2, -0.15) is 0 Å². The number of oxime groups is 1. The van der Waals surface area contributed by atoms with E-state index in [4.69, 9.17) is 22.5 Å². The number of hydrogen-bond donors (Lipinski definition) is 2. The fourth-order valence-electron chi connectivity index (χ4n) is 3.00. The average Bonchev–Trinajstić information content (AvgIpc) is 2.91. The molecule has 1 aromatic carbocycles. The predicted molar refractivity (Wildman–Crippen MR) is 83.8 cm³/mol. The van der Waals surface area contributed by atoms with Crippen molar-refractivity contribution < 1.29 is 5.21 Å². The van der Waals surface area contributed by atoms with Crippen molar-refractivity contribution in [1.29, 1.82) is 0 Å². The second kappa shape index (κ2) is 5.92. The topological polar surface area (TPSA) is 61.8 Å². The molecule has 110 valence electrons. The number of benzene rings is 1. The maximum Gasteiger partial charge on any atom is 0.172 e. The molecule has 0 unspecified atom stereocenters. The first-order valence-corrected chi connectivity index (χ1v) is 7.45. The van der Waals surface area contributed by atoms with E-state index >= 15 is 0 Å². The summed E-state index contributed by atoms with van der Waals surface area (Å²) in [6, 6.07) is 5.47. The second-order valence-electron chi connectivity index (χ2n) is 5.53. The first-order valence-electron chi connectivity index (χ1n) is 7.07. The number of nitrogens with zero attached hydrogens (tertiary/aromatic N) is 2. The molecule has 0 amide bonds. The fourth-order valence-corrected chi connectivity index (χ4v) is 3.17. The minimum atomic E-state index is 0.127. The van der Waals surface area contributed by atoms with Crippen molar-refractivity contribution in [1.82, 2.24) is 0 Å². The molecule has 1 aliphatic heterocycles. The Labute approximate surface area is 125 Å². The summed E-state index contributed by atoms with van der Waals surface area (Å²) in [6.45, 7) is 6.46. The molecule has 0 atom stereocenters. The second-order valence-corrected chi connectivity index (χ2v) is 5.96. The van der Waals surface area contributed by atoms with E-state index in [0.29, 0.717) is 10.4 Å². The van der Waals surface area contributed by atoms with E-state index in [0.717, 1.165) is 24.3 Å². The van der Waals surface area contributed by atoms with Crippen molar-refractivity contribution in [2.24, 2.45) is 16.3 Å². The monoisotopic (exact) mass is 295 g/mol. The maximum absolute atomic E-state index is 8.93. The van der Waals surface area contributed by atoms with Crippen LogP contribution in [0, 0.1) is 5.41 Å². The molecule has 0 saturated carbocycles. The lowest BCUT2D eigenvalue weighted by Gasteiger charge is -2.28. The lowest BCUT2D eigenvalue weighted by Crippen LogP contribution is -2.28. The molecule has 4 nitrogen and oxygen atoms in total. The molecule has 20 heavy (non-hydrogen) atoms. The summed E-state index contributed by atoms with van der Waals surface area (Å²) in [5, 5.41) is 12.7. The van der Waals surface area contributed by atoms with Crippen molar-refractivity contribution in [2.75, 3.05) is 18.0 Å². The van der Waals surface area contributed by atoms with E-state index in [1.807, 2.05) is 12.1 Å². The molecule has 5 heteroatoms. The Morgan fingerprint density at radius 1 is 1.45 bits per heavy atom. The number of amidine groups is 1. The Kier molecular flexibility index (Phi) is 4.43. The van der Waals surface area contributed by atoms with Crippen molar-refractivity contribution >= 4 is 23.1 Å². The Morgan fingerprint density at radius 2 is 2.15 bits per heavy atom. The minimum Gasteiger partial charge on any atom is -0.409 e. The SMILES string of the molecule is CCC1(CC)CCN(c2cc(Cl)ccc2/C(N)=N/O)C1. The van der Waals surface area contributed by atoms with E-state index in [-0.39, 0.29) is 5.84 Å². The van der Waals surface area contributed by atoms with Crippen LogP contribution in [0.3, 0.4) is 0 Å². The summed E-state index contributed by atoms with van der Waals surface area (Å²) in [7, 11) is 0. The van der Waals surface area contributed by atoms with Crippen LogP contribution in [0.2, 0.25) is 5.02 Å². The summed E-state index contributed by atoms with van der Waals surface area (Å²) in [5.74, 6) is 0.127. The van der Waals surface area contributed by atoms with E-state index in [1.165, 1.54) is 19.3 Å². The predicted octanol–water partition coefficient (Wildman–Crippen LogP) is 3.45. The third-order valence-electron chi connectivity index (χ3n) is 4.62. The van der Waals surface area contributed by atoms with Crippen molar-refractivity contribution in [3.8, 4) is 0 Å². The minimum absolute atomic E-state index is 0.127. The van der Waals surface area contributed by atoms with Gasteiger partial charge in [-0.05, 0) is 42.9 Å². The van der Waals surface area contributed by atoms with Crippen molar-refractivity contribution in [3.05, 3.63) is 28.8 Å². The summed E-state index contributed by atoms with van der Waals surface area (Å²) in [5.41, 5.74) is 7.83. The zero-order valence-electron chi connectivity index (χ0n) is 12.1. The van der Waals surface area contributed by atoms with Gasteiger partial charge in [0.25, 0.3) is 0 Å². The molecule has 3 N–H and O–H groups in total. The summed E-state index contributed by atoms with van der Waals surface area (Å²) in [6.07, 6.45) is 3.50. The third kappa shape index (κ3) is 2.70. The van der Waals surface area contributed by atoms with E-state index in [2.05, 4.69) is 23.9 Å². The van der Waals surface area contributed by atoms with Crippen LogP contribution < -0.4 is 10.6 Å². The van der Waals surface area contributed by atoms with Gasteiger partial charge in [0, 0.05) is 29.4 Å². The third-order valence-corrected chi connectivity index (χ3v) is 4.86. The average molecular weight is 296 g/mol. The highest BCUT2D eigenvalue weighted by molar-refractivity contribution is 6.31. The smallest absolute Gasteiger partial charge is 0.172 e. The van der Waals surface area contributed by atoms with E-state index in [1.54, 1.807) is 6.07 Å². The Morgan fingerprint density at radius 3 is 2.70 bits per heavy atom. The number of halogens is 1. The quantitative estimate of drug-likeness (QED) is 0.387. The van der Waals surface area contributed by atoms with Crippen LogP contribution in [-0.2, 0) is 0 Å². The van der Waals surface area contributed by atoms with Gasteiger partial charge in [-0.1, -0.05) is 30.6 Å². The molecule has 1 saturated heterocycles. The molecule has 0 aromatic heterocycles. The standard InChI is InChI=1S/C15H22ClN3O/c1-3-15(4-2)7-8-19(10-15)13-9-11(16)5-6-12(13)14(17)18-20/h5-6,9,20H,3-4,7-8,10H2,1-2H3,(H2,17,18). The van der Waals surface area contributed by atoms with Gasteiger partial charge in [0.05, 0.1) is 0 Å². The summed E-state index contributed by atoms with van der Waals surface area (Å²) < 4.78 is 0. The molecule has 1 heterocycles. The van der Waals surface area contributed by atoms with Gasteiger partial charge < -0.3 is 15.8 Å². The van der Waals surface area contributed by atoms with Gasteiger partial charge in [0.15, 0.2) is 5.84 Å². The molecule has 0 aliphatic carbocycles. The molecule has 0 bridgehead atoms.